The number of hydrogen-bond acceptors (Lipinski definition) is 3. The van der Waals surface area contributed by atoms with Crippen LogP contribution >= 0.6 is 0 Å². The first-order valence-electron chi connectivity index (χ1n) is 5.31. The first-order valence-corrected chi connectivity index (χ1v) is 5.31. The normalized spacial score (nSPS) is 13.1. The van der Waals surface area contributed by atoms with E-state index in [9.17, 15) is 8.78 Å². The van der Waals surface area contributed by atoms with Crippen molar-refractivity contribution in [2.45, 2.75) is 25.8 Å². The highest BCUT2D eigenvalue weighted by Gasteiger charge is 2.14. The Morgan fingerprint density at radius 2 is 1.82 bits per heavy atom. The average molecular weight is 245 g/mol. The monoisotopic (exact) mass is 245 g/mol. The summed E-state index contributed by atoms with van der Waals surface area (Å²) in [7, 11) is 3.09. The number of ether oxygens (including phenoxy) is 2. The summed E-state index contributed by atoms with van der Waals surface area (Å²) in [6.07, 6.45) is -0.375. The smallest absolute Gasteiger partial charge is 0.171 e. The molecule has 0 amide bonds. The van der Waals surface area contributed by atoms with Crippen LogP contribution in [0.1, 0.15) is 12.5 Å². The second-order valence-corrected chi connectivity index (χ2v) is 3.76. The molecule has 0 saturated heterocycles. The molecule has 0 fully saturated rings. The number of nitrogens with one attached hydrogen (secondary N) is 1. The highest BCUT2D eigenvalue weighted by Crippen LogP contribution is 2.09. The van der Waals surface area contributed by atoms with E-state index in [1.165, 1.54) is 12.1 Å². The zero-order valence-corrected chi connectivity index (χ0v) is 10.2. The Morgan fingerprint density at radius 1 is 1.18 bits per heavy atom. The van der Waals surface area contributed by atoms with Crippen LogP contribution in [0.15, 0.2) is 18.2 Å². The van der Waals surface area contributed by atoms with Gasteiger partial charge in [0.25, 0.3) is 0 Å². The molecule has 1 aromatic rings. The van der Waals surface area contributed by atoms with Gasteiger partial charge in [0.2, 0.25) is 0 Å². The predicted octanol–water partition coefficient (Wildman–Crippen LogP) is 2.06. The fourth-order valence-corrected chi connectivity index (χ4v) is 1.53. The zero-order valence-electron chi connectivity index (χ0n) is 10.2. The minimum absolute atomic E-state index is 0.0573. The van der Waals surface area contributed by atoms with Gasteiger partial charge < -0.3 is 14.8 Å². The molecule has 17 heavy (non-hydrogen) atoms. The third-order valence-corrected chi connectivity index (χ3v) is 2.49. The largest absolute Gasteiger partial charge is 0.354 e. The van der Waals surface area contributed by atoms with Crippen LogP contribution in [-0.4, -0.2) is 26.6 Å². The Hall–Kier alpha value is -1.04. The van der Waals surface area contributed by atoms with Gasteiger partial charge in [-0.15, -0.1) is 0 Å². The average Bonchev–Trinajstić information content (AvgIpc) is 2.32. The van der Waals surface area contributed by atoms with Gasteiger partial charge in [0.05, 0.1) is 6.04 Å². The van der Waals surface area contributed by atoms with Crippen molar-refractivity contribution in [1.29, 1.82) is 0 Å². The molecule has 1 atom stereocenters. The molecule has 5 heteroatoms. The molecule has 0 radical (unpaired) electrons. The molecule has 0 bridgehead atoms. The van der Waals surface area contributed by atoms with E-state index in [4.69, 9.17) is 9.47 Å². The number of methoxy groups -OCH3 is 2. The molecule has 0 saturated carbocycles. The molecule has 1 rings (SSSR count). The van der Waals surface area contributed by atoms with E-state index in [0.29, 0.717) is 12.1 Å². The first kappa shape index (κ1) is 14.0. The highest BCUT2D eigenvalue weighted by molar-refractivity contribution is 5.17. The van der Waals surface area contributed by atoms with Crippen LogP contribution in [0.3, 0.4) is 0 Å². The minimum atomic E-state index is -0.841. The van der Waals surface area contributed by atoms with Crippen molar-refractivity contribution in [3.8, 4) is 0 Å². The van der Waals surface area contributed by atoms with Gasteiger partial charge in [-0.3, -0.25) is 0 Å². The molecule has 0 aliphatic carbocycles. The van der Waals surface area contributed by atoms with Crippen LogP contribution < -0.4 is 5.32 Å². The molecular weight excluding hydrogens is 228 g/mol. The Balaban J connectivity index is 2.52. The lowest BCUT2D eigenvalue weighted by Gasteiger charge is -2.22. The van der Waals surface area contributed by atoms with Gasteiger partial charge in [-0.05, 0) is 24.6 Å². The number of halogens is 2. The summed E-state index contributed by atoms with van der Waals surface area (Å²) in [6.45, 7) is 2.30. The standard InChI is InChI=1S/C12H17F2NO2/c1-8(12(16-2)17-3)15-7-9-4-5-10(13)11(14)6-9/h4-6,8,12,15H,7H2,1-3H3. The van der Waals surface area contributed by atoms with E-state index in [-0.39, 0.29) is 12.3 Å². The summed E-state index contributed by atoms with van der Waals surface area (Å²) in [5.41, 5.74) is 0.668. The quantitative estimate of drug-likeness (QED) is 0.778. The summed E-state index contributed by atoms with van der Waals surface area (Å²) in [5.74, 6) is -1.68. The molecular formula is C12H17F2NO2. The van der Waals surface area contributed by atoms with Crippen molar-refractivity contribution in [1.82, 2.24) is 5.32 Å². The van der Waals surface area contributed by atoms with E-state index in [1.54, 1.807) is 14.2 Å². The van der Waals surface area contributed by atoms with Crippen molar-refractivity contribution < 1.29 is 18.3 Å². The maximum absolute atomic E-state index is 12.9. The molecule has 0 aliphatic rings. The lowest BCUT2D eigenvalue weighted by Crippen LogP contribution is -2.39. The second kappa shape index (κ2) is 6.64. The van der Waals surface area contributed by atoms with Crippen LogP contribution in [0.4, 0.5) is 8.78 Å². The number of hydrogen-bond donors (Lipinski definition) is 1. The van der Waals surface area contributed by atoms with Crippen molar-refractivity contribution >= 4 is 0 Å². The second-order valence-electron chi connectivity index (χ2n) is 3.76. The van der Waals surface area contributed by atoms with E-state index in [1.807, 2.05) is 6.92 Å². The minimum Gasteiger partial charge on any atom is -0.354 e. The molecule has 0 aromatic heterocycles. The SMILES string of the molecule is COC(OC)C(C)NCc1ccc(F)c(F)c1. The maximum Gasteiger partial charge on any atom is 0.171 e. The first-order chi connectivity index (χ1) is 8.08. The Labute approximate surface area is 99.7 Å². The summed E-state index contributed by atoms with van der Waals surface area (Å²) in [4.78, 5) is 0. The molecule has 1 N–H and O–H groups in total. The Kier molecular flexibility index (Phi) is 5.47. The van der Waals surface area contributed by atoms with Gasteiger partial charge in [-0.1, -0.05) is 6.07 Å². The Bertz CT molecular complexity index is 356. The van der Waals surface area contributed by atoms with Crippen molar-refractivity contribution in [3.05, 3.63) is 35.4 Å². The van der Waals surface area contributed by atoms with Crippen molar-refractivity contribution in [2.24, 2.45) is 0 Å². The van der Waals surface area contributed by atoms with Crippen LogP contribution in [-0.2, 0) is 16.0 Å². The topological polar surface area (TPSA) is 30.5 Å². The molecule has 0 spiro atoms. The third-order valence-electron chi connectivity index (χ3n) is 2.49. The molecule has 3 nitrogen and oxygen atoms in total. The summed E-state index contributed by atoms with van der Waals surface area (Å²) in [5, 5.41) is 3.11. The maximum atomic E-state index is 12.9. The van der Waals surface area contributed by atoms with Crippen LogP contribution in [0.5, 0.6) is 0 Å². The summed E-state index contributed by atoms with van der Waals surface area (Å²) < 4.78 is 35.8. The summed E-state index contributed by atoms with van der Waals surface area (Å²) >= 11 is 0. The Morgan fingerprint density at radius 3 is 2.35 bits per heavy atom. The van der Waals surface area contributed by atoms with E-state index in [2.05, 4.69) is 5.32 Å². The lowest BCUT2D eigenvalue weighted by molar-refractivity contribution is -0.119. The molecule has 1 aromatic carbocycles. The molecule has 96 valence electrons. The zero-order chi connectivity index (χ0) is 12.8. The summed E-state index contributed by atoms with van der Waals surface area (Å²) in [6, 6.07) is 3.76. The highest BCUT2D eigenvalue weighted by atomic mass is 19.2. The fourth-order valence-electron chi connectivity index (χ4n) is 1.53. The fraction of sp³-hybridized carbons (Fsp3) is 0.500. The van der Waals surface area contributed by atoms with Crippen LogP contribution in [0.2, 0.25) is 0 Å². The molecule has 0 heterocycles. The van der Waals surface area contributed by atoms with Gasteiger partial charge >= 0.3 is 0 Å². The van der Waals surface area contributed by atoms with E-state index < -0.39 is 11.6 Å². The van der Waals surface area contributed by atoms with Crippen molar-refractivity contribution in [2.75, 3.05) is 14.2 Å². The molecule has 0 aliphatic heterocycles. The van der Waals surface area contributed by atoms with Gasteiger partial charge in [0.1, 0.15) is 0 Å². The number of rotatable bonds is 6. The van der Waals surface area contributed by atoms with Gasteiger partial charge in [-0.25, -0.2) is 8.78 Å². The van der Waals surface area contributed by atoms with E-state index in [0.717, 1.165) is 6.07 Å². The lowest BCUT2D eigenvalue weighted by atomic mass is 10.2. The van der Waals surface area contributed by atoms with Gasteiger partial charge in [-0.2, -0.15) is 0 Å². The van der Waals surface area contributed by atoms with Crippen molar-refractivity contribution in [3.63, 3.8) is 0 Å². The van der Waals surface area contributed by atoms with E-state index >= 15 is 0 Å². The third kappa shape index (κ3) is 4.03. The van der Waals surface area contributed by atoms with Crippen LogP contribution in [0.25, 0.3) is 0 Å². The van der Waals surface area contributed by atoms with Crippen LogP contribution in [0, 0.1) is 11.6 Å². The van der Waals surface area contributed by atoms with Gasteiger partial charge in [0, 0.05) is 20.8 Å². The number of benzene rings is 1. The predicted molar refractivity (Wildman–Crippen MR) is 60.5 cm³/mol. The van der Waals surface area contributed by atoms with Gasteiger partial charge in [0.15, 0.2) is 17.9 Å². The molecule has 1 unspecified atom stereocenters.